The number of aromatic nitrogens is 1. The first kappa shape index (κ1) is 19.2. The van der Waals surface area contributed by atoms with Crippen LogP contribution in [0.4, 0.5) is 5.69 Å². The van der Waals surface area contributed by atoms with Gasteiger partial charge in [-0.15, -0.1) is 0 Å². The van der Waals surface area contributed by atoms with Gasteiger partial charge in [0.2, 0.25) is 0 Å². The molecule has 6 heteroatoms. The van der Waals surface area contributed by atoms with Crippen LogP contribution < -0.4 is 19.5 Å². The SMILES string of the molecule is COc1cc(C(=O)Nc2cccc(OCc3ccccn3)c2)cc(OC)c1C. The molecule has 144 valence electrons. The van der Waals surface area contributed by atoms with Gasteiger partial charge in [0.15, 0.2) is 0 Å². The summed E-state index contributed by atoms with van der Waals surface area (Å²) in [5.74, 6) is 1.56. The Hall–Kier alpha value is -3.54. The fourth-order valence-electron chi connectivity index (χ4n) is 2.72. The molecule has 0 aliphatic carbocycles. The van der Waals surface area contributed by atoms with Crippen molar-refractivity contribution >= 4 is 11.6 Å². The maximum atomic E-state index is 12.7. The highest BCUT2D eigenvalue weighted by molar-refractivity contribution is 6.05. The Labute approximate surface area is 164 Å². The number of methoxy groups -OCH3 is 2. The molecule has 3 aromatic rings. The lowest BCUT2D eigenvalue weighted by Gasteiger charge is -2.13. The number of carbonyl (C=O) groups is 1. The fourth-order valence-corrected chi connectivity index (χ4v) is 2.72. The number of hydrogen-bond donors (Lipinski definition) is 1. The molecule has 0 spiro atoms. The number of nitrogens with zero attached hydrogens (tertiary/aromatic N) is 1. The minimum atomic E-state index is -0.265. The maximum absolute atomic E-state index is 12.7. The Kier molecular flexibility index (Phi) is 6.11. The third kappa shape index (κ3) is 4.59. The molecule has 6 nitrogen and oxygen atoms in total. The van der Waals surface area contributed by atoms with E-state index in [1.54, 1.807) is 44.7 Å². The van der Waals surface area contributed by atoms with E-state index in [9.17, 15) is 4.79 Å². The highest BCUT2D eigenvalue weighted by atomic mass is 16.5. The Morgan fingerprint density at radius 1 is 1.00 bits per heavy atom. The summed E-state index contributed by atoms with van der Waals surface area (Å²) in [7, 11) is 3.12. The summed E-state index contributed by atoms with van der Waals surface area (Å²) in [4.78, 5) is 16.9. The van der Waals surface area contributed by atoms with Crippen LogP contribution in [-0.2, 0) is 6.61 Å². The van der Waals surface area contributed by atoms with E-state index in [1.807, 2.05) is 37.3 Å². The van der Waals surface area contributed by atoms with Crippen molar-refractivity contribution in [3.05, 3.63) is 77.6 Å². The van der Waals surface area contributed by atoms with Gasteiger partial charge in [0.1, 0.15) is 23.9 Å². The lowest BCUT2D eigenvalue weighted by molar-refractivity contribution is 0.102. The Balaban J connectivity index is 1.72. The molecule has 1 heterocycles. The number of pyridine rings is 1. The minimum Gasteiger partial charge on any atom is -0.496 e. The summed E-state index contributed by atoms with van der Waals surface area (Å²) in [5, 5.41) is 2.87. The predicted molar refractivity (Wildman–Crippen MR) is 107 cm³/mol. The van der Waals surface area contributed by atoms with Gasteiger partial charge in [0, 0.05) is 29.1 Å². The van der Waals surface area contributed by atoms with Crippen molar-refractivity contribution in [2.45, 2.75) is 13.5 Å². The highest BCUT2D eigenvalue weighted by Gasteiger charge is 2.14. The molecule has 0 unspecified atom stereocenters. The molecule has 28 heavy (non-hydrogen) atoms. The number of benzene rings is 2. The molecule has 0 saturated heterocycles. The van der Waals surface area contributed by atoms with Crippen molar-refractivity contribution in [1.29, 1.82) is 0 Å². The van der Waals surface area contributed by atoms with Crippen molar-refractivity contribution in [1.82, 2.24) is 4.98 Å². The lowest BCUT2D eigenvalue weighted by atomic mass is 10.1. The van der Waals surface area contributed by atoms with Crippen molar-refractivity contribution in [2.24, 2.45) is 0 Å². The standard InChI is InChI=1S/C22H22N2O4/c1-15-20(26-2)11-16(12-21(15)27-3)22(25)24-17-8-6-9-19(13-17)28-14-18-7-4-5-10-23-18/h4-13H,14H2,1-3H3,(H,24,25). The third-order valence-corrected chi connectivity index (χ3v) is 4.22. The number of anilines is 1. The minimum absolute atomic E-state index is 0.265. The highest BCUT2D eigenvalue weighted by Crippen LogP contribution is 2.30. The van der Waals surface area contributed by atoms with Crippen LogP contribution in [0.25, 0.3) is 0 Å². The van der Waals surface area contributed by atoms with Crippen molar-refractivity contribution in [3.8, 4) is 17.2 Å². The first-order chi connectivity index (χ1) is 13.6. The second-order valence-electron chi connectivity index (χ2n) is 6.10. The van der Waals surface area contributed by atoms with Crippen LogP contribution in [0.5, 0.6) is 17.2 Å². The molecule has 2 aromatic carbocycles. The summed E-state index contributed by atoms with van der Waals surface area (Å²) in [6.45, 7) is 2.23. The van der Waals surface area contributed by atoms with Gasteiger partial charge in [0.05, 0.1) is 19.9 Å². The zero-order valence-corrected chi connectivity index (χ0v) is 16.1. The molecule has 1 aromatic heterocycles. The second-order valence-corrected chi connectivity index (χ2v) is 6.10. The average Bonchev–Trinajstić information content (AvgIpc) is 2.73. The smallest absolute Gasteiger partial charge is 0.255 e. The van der Waals surface area contributed by atoms with Crippen LogP contribution in [-0.4, -0.2) is 25.1 Å². The van der Waals surface area contributed by atoms with Gasteiger partial charge >= 0.3 is 0 Å². The number of ether oxygens (including phenoxy) is 3. The number of amides is 1. The van der Waals surface area contributed by atoms with Crippen LogP contribution in [0.1, 0.15) is 21.6 Å². The van der Waals surface area contributed by atoms with Crippen molar-refractivity contribution < 1.29 is 19.0 Å². The number of rotatable bonds is 7. The van der Waals surface area contributed by atoms with E-state index in [-0.39, 0.29) is 5.91 Å². The second kappa shape index (κ2) is 8.90. The third-order valence-electron chi connectivity index (χ3n) is 4.22. The molecule has 0 atom stereocenters. The summed E-state index contributed by atoms with van der Waals surface area (Å²) >= 11 is 0. The lowest BCUT2D eigenvalue weighted by Crippen LogP contribution is -2.12. The summed E-state index contributed by atoms with van der Waals surface area (Å²) in [6.07, 6.45) is 1.72. The van der Waals surface area contributed by atoms with Crippen LogP contribution in [0.2, 0.25) is 0 Å². The summed E-state index contributed by atoms with van der Waals surface area (Å²) in [5.41, 5.74) is 2.74. The van der Waals surface area contributed by atoms with Gasteiger partial charge in [0.25, 0.3) is 5.91 Å². The Morgan fingerprint density at radius 2 is 1.75 bits per heavy atom. The Bertz CT molecular complexity index is 933. The van der Waals surface area contributed by atoms with Crippen molar-refractivity contribution in [2.75, 3.05) is 19.5 Å². The maximum Gasteiger partial charge on any atom is 0.255 e. The molecule has 0 aliphatic rings. The van der Waals surface area contributed by atoms with Gasteiger partial charge < -0.3 is 19.5 Å². The molecule has 0 saturated carbocycles. The zero-order valence-electron chi connectivity index (χ0n) is 16.1. The quantitative estimate of drug-likeness (QED) is 0.666. The molecule has 1 amide bonds. The Morgan fingerprint density at radius 3 is 2.39 bits per heavy atom. The van der Waals surface area contributed by atoms with Gasteiger partial charge in [-0.3, -0.25) is 9.78 Å². The average molecular weight is 378 g/mol. The van der Waals surface area contributed by atoms with Crippen LogP contribution >= 0.6 is 0 Å². The van der Waals surface area contributed by atoms with Gasteiger partial charge in [-0.25, -0.2) is 0 Å². The zero-order chi connectivity index (χ0) is 19.9. The van der Waals surface area contributed by atoms with E-state index in [0.29, 0.717) is 35.1 Å². The van der Waals surface area contributed by atoms with E-state index < -0.39 is 0 Å². The van der Waals surface area contributed by atoms with E-state index in [1.165, 1.54) is 0 Å². The first-order valence-corrected chi connectivity index (χ1v) is 8.77. The van der Waals surface area contributed by atoms with Gasteiger partial charge in [-0.05, 0) is 43.3 Å². The van der Waals surface area contributed by atoms with E-state index in [4.69, 9.17) is 14.2 Å². The molecule has 0 bridgehead atoms. The van der Waals surface area contributed by atoms with E-state index in [2.05, 4.69) is 10.3 Å². The number of hydrogen-bond acceptors (Lipinski definition) is 5. The largest absolute Gasteiger partial charge is 0.496 e. The molecular weight excluding hydrogens is 356 g/mol. The molecule has 3 rings (SSSR count). The van der Waals surface area contributed by atoms with Crippen LogP contribution in [0.3, 0.4) is 0 Å². The van der Waals surface area contributed by atoms with Gasteiger partial charge in [-0.1, -0.05) is 12.1 Å². The molecule has 0 radical (unpaired) electrons. The van der Waals surface area contributed by atoms with E-state index in [0.717, 1.165) is 11.3 Å². The number of carbonyl (C=O) groups excluding carboxylic acids is 1. The molecule has 0 aliphatic heterocycles. The van der Waals surface area contributed by atoms with Crippen LogP contribution in [0.15, 0.2) is 60.8 Å². The van der Waals surface area contributed by atoms with Crippen molar-refractivity contribution in [3.63, 3.8) is 0 Å². The van der Waals surface area contributed by atoms with Gasteiger partial charge in [-0.2, -0.15) is 0 Å². The van der Waals surface area contributed by atoms with Crippen LogP contribution in [0, 0.1) is 6.92 Å². The summed E-state index contributed by atoms with van der Waals surface area (Å²) in [6, 6.07) is 16.3. The molecular formula is C22H22N2O4. The predicted octanol–water partition coefficient (Wildman–Crippen LogP) is 4.24. The van der Waals surface area contributed by atoms with E-state index >= 15 is 0 Å². The number of nitrogens with one attached hydrogen (secondary N) is 1. The fraction of sp³-hybridized carbons (Fsp3) is 0.182. The summed E-state index contributed by atoms with van der Waals surface area (Å²) < 4.78 is 16.4. The first-order valence-electron chi connectivity index (χ1n) is 8.77. The topological polar surface area (TPSA) is 69.7 Å². The molecule has 0 fully saturated rings. The normalized spacial score (nSPS) is 10.2. The molecule has 1 N–H and O–H groups in total. The monoisotopic (exact) mass is 378 g/mol.